The number of hydrogen-bond donors (Lipinski definition) is 1. The molecule has 1 aromatic heterocycles. The fourth-order valence-corrected chi connectivity index (χ4v) is 2.64. The molecule has 1 unspecified atom stereocenters. The third-order valence-corrected chi connectivity index (χ3v) is 3.95. The fraction of sp³-hybridized carbons (Fsp3) is 0.278. The molecule has 26 heavy (non-hydrogen) atoms. The number of hydrogen-bond acceptors (Lipinski definition) is 6. The predicted octanol–water partition coefficient (Wildman–Crippen LogP) is 2.78. The Morgan fingerprint density at radius 2 is 2.38 bits per heavy atom. The molecule has 0 bridgehead atoms. The van der Waals surface area contributed by atoms with Gasteiger partial charge in [0.1, 0.15) is 11.9 Å². The van der Waals surface area contributed by atoms with E-state index in [9.17, 15) is 9.18 Å². The van der Waals surface area contributed by atoms with Crippen molar-refractivity contribution in [1.82, 2.24) is 14.9 Å². The van der Waals surface area contributed by atoms with Crippen molar-refractivity contribution in [3.8, 4) is 11.6 Å². The van der Waals surface area contributed by atoms with Crippen LogP contribution in [0, 0.1) is 5.82 Å². The van der Waals surface area contributed by atoms with Gasteiger partial charge in [0, 0.05) is 26.1 Å². The van der Waals surface area contributed by atoms with Gasteiger partial charge >= 0.3 is 0 Å². The number of amides is 1. The number of nitrogens with one attached hydrogen (secondary N) is 1. The molecule has 138 valence electrons. The Morgan fingerprint density at radius 1 is 1.54 bits per heavy atom. The molecule has 0 radical (unpaired) electrons. The standard InChI is InChI=1S/C18H19FN4O3.H2/c1-3-16(24)23-8-7-14(11-23)26-17-15(19)10-20-18(22-17)21-12-5-4-6-13(9-12)25-2;/h3-6,9-10,14H,1,7-8,11H2,2H3,(H,20,21,22);1H. The first-order valence-electron chi connectivity index (χ1n) is 8.10. The Bertz CT molecular complexity index is 821. The lowest BCUT2D eigenvalue weighted by molar-refractivity contribution is -0.125. The van der Waals surface area contributed by atoms with Crippen molar-refractivity contribution in [2.45, 2.75) is 12.5 Å². The highest BCUT2D eigenvalue weighted by atomic mass is 19.1. The van der Waals surface area contributed by atoms with Crippen LogP contribution in [0.2, 0.25) is 0 Å². The first kappa shape index (κ1) is 17.7. The maximum Gasteiger partial charge on any atom is 0.255 e. The number of likely N-dealkylation sites (tertiary alicyclic amines) is 1. The van der Waals surface area contributed by atoms with Crippen LogP contribution >= 0.6 is 0 Å². The van der Waals surface area contributed by atoms with E-state index in [1.54, 1.807) is 18.1 Å². The minimum absolute atomic E-state index is 0. The summed E-state index contributed by atoms with van der Waals surface area (Å²) in [4.78, 5) is 21.2. The Morgan fingerprint density at radius 3 is 3.15 bits per heavy atom. The predicted molar refractivity (Wildman–Crippen MR) is 96.2 cm³/mol. The monoisotopic (exact) mass is 360 g/mol. The lowest BCUT2D eigenvalue weighted by atomic mass is 10.3. The van der Waals surface area contributed by atoms with Crippen molar-refractivity contribution in [3.05, 3.63) is 48.9 Å². The molecule has 1 fully saturated rings. The SMILES string of the molecule is C=CC(=O)N1CCC(Oc2nc(Nc3cccc(OC)c3)ncc2F)C1.[HH]. The highest BCUT2D eigenvalue weighted by Crippen LogP contribution is 2.23. The van der Waals surface area contributed by atoms with Crippen LogP contribution in [0.25, 0.3) is 0 Å². The minimum atomic E-state index is -0.658. The summed E-state index contributed by atoms with van der Waals surface area (Å²) in [6.45, 7) is 4.37. The first-order chi connectivity index (χ1) is 12.6. The summed E-state index contributed by atoms with van der Waals surface area (Å²) in [6, 6.07) is 7.20. The molecule has 1 aromatic carbocycles. The molecule has 2 aromatic rings. The van der Waals surface area contributed by atoms with E-state index in [2.05, 4.69) is 21.9 Å². The Labute approximate surface area is 152 Å². The van der Waals surface area contributed by atoms with Gasteiger partial charge in [-0.25, -0.2) is 4.98 Å². The van der Waals surface area contributed by atoms with Crippen LogP contribution < -0.4 is 14.8 Å². The molecule has 1 aliphatic rings. The number of benzene rings is 1. The Balaban J connectivity index is 0.00000261. The summed E-state index contributed by atoms with van der Waals surface area (Å²) in [6.07, 6.45) is 2.57. The van der Waals surface area contributed by atoms with Crippen molar-refractivity contribution in [2.75, 3.05) is 25.5 Å². The summed E-state index contributed by atoms with van der Waals surface area (Å²) in [7, 11) is 1.57. The summed E-state index contributed by atoms with van der Waals surface area (Å²) in [5, 5.41) is 2.98. The smallest absolute Gasteiger partial charge is 0.255 e. The largest absolute Gasteiger partial charge is 0.497 e. The average Bonchev–Trinajstić information content (AvgIpc) is 3.12. The maximum absolute atomic E-state index is 14.0. The van der Waals surface area contributed by atoms with Crippen LogP contribution in [-0.4, -0.2) is 47.1 Å². The van der Waals surface area contributed by atoms with Crippen LogP contribution in [0.3, 0.4) is 0 Å². The average molecular weight is 360 g/mol. The van der Waals surface area contributed by atoms with Gasteiger partial charge in [0.05, 0.1) is 19.9 Å². The number of methoxy groups -OCH3 is 1. The number of nitrogens with zero attached hydrogens (tertiary/aromatic N) is 3. The lowest BCUT2D eigenvalue weighted by Gasteiger charge is -2.16. The van der Waals surface area contributed by atoms with Gasteiger partial charge in [-0.3, -0.25) is 4.79 Å². The summed E-state index contributed by atoms with van der Waals surface area (Å²) >= 11 is 0. The van der Waals surface area contributed by atoms with Gasteiger partial charge in [-0.15, -0.1) is 0 Å². The quantitative estimate of drug-likeness (QED) is 0.799. The van der Waals surface area contributed by atoms with Crippen LogP contribution in [0.4, 0.5) is 16.0 Å². The number of ether oxygens (including phenoxy) is 2. The number of carbonyl (C=O) groups excluding carboxylic acids is 1. The van der Waals surface area contributed by atoms with Crippen LogP contribution in [0.5, 0.6) is 11.6 Å². The van der Waals surface area contributed by atoms with Crippen molar-refractivity contribution in [2.24, 2.45) is 0 Å². The second-order valence-electron chi connectivity index (χ2n) is 5.72. The molecule has 2 heterocycles. The third kappa shape index (κ3) is 4.08. The van der Waals surface area contributed by atoms with Crippen LogP contribution in [-0.2, 0) is 4.79 Å². The van der Waals surface area contributed by atoms with Crippen molar-refractivity contribution in [3.63, 3.8) is 0 Å². The van der Waals surface area contributed by atoms with E-state index >= 15 is 0 Å². The molecular formula is C18H21FN4O3. The zero-order valence-electron chi connectivity index (χ0n) is 14.3. The fourth-order valence-electron chi connectivity index (χ4n) is 2.64. The molecule has 1 amide bonds. The summed E-state index contributed by atoms with van der Waals surface area (Å²) < 4.78 is 24.8. The zero-order valence-corrected chi connectivity index (χ0v) is 14.3. The van der Waals surface area contributed by atoms with Gasteiger partial charge < -0.3 is 19.7 Å². The van der Waals surface area contributed by atoms with E-state index in [0.717, 1.165) is 6.20 Å². The van der Waals surface area contributed by atoms with E-state index in [1.807, 2.05) is 18.2 Å². The van der Waals surface area contributed by atoms with Gasteiger partial charge in [0.2, 0.25) is 17.7 Å². The molecule has 1 saturated heterocycles. The van der Waals surface area contributed by atoms with Gasteiger partial charge in [-0.2, -0.15) is 9.37 Å². The third-order valence-electron chi connectivity index (χ3n) is 3.95. The highest BCUT2D eigenvalue weighted by Gasteiger charge is 2.27. The number of anilines is 2. The van der Waals surface area contributed by atoms with Gasteiger partial charge in [0.15, 0.2) is 0 Å². The molecule has 1 aliphatic heterocycles. The van der Waals surface area contributed by atoms with Crippen LogP contribution in [0.1, 0.15) is 7.85 Å². The molecule has 1 atom stereocenters. The Hall–Kier alpha value is -3.16. The van der Waals surface area contributed by atoms with Crippen molar-refractivity contribution in [1.29, 1.82) is 0 Å². The second-order valence-corrected chi connectivity index (χ2v) is 5.72. The maximum atomic E-state index is 14.0. The van der Waals surface area contributed by atoms with E-state index in [0.29, 0.717) is 30.9 Å². The topological polar surface area (TPSA) is 76.6 Å². The summed E-state index contributed by atoms with van der Waals surface area (Å²) in [5.74, 6) is -0.101. The van der Waals surface area contributed by atoms with Gasteiger partial charge in [0.25, 0.3) is 5.88 Å². The van der Waals surface area contributed by atoms with E-state index in [-0.39, 0.29) is 25.3 Å². The van der Waals surface area contributed by atoms with E-state index < -0.39 is 5.82 Å². The van der Waals surface area contributed by atoms with E-state index in [4.69, 9.17) is 9.47 Å². The zero-order chi connectivity index (χ0) is 18.5. The number of rotatable bonds is 6. The number of carbonyl (C=O) groups is 1. The van der Waals surface area contributed by atoms with Gasteiger partial charge in [-0.1, -0.05) is 12.6 Å². The molecule has 0 aliphatic carbocycles. The molecule has 3 rings (SSSR count). The minimum Gasteiger partial charge on any atom is -0.497 e. The molecule has 0 spiro atoms. The molecule has 8 heteroatoms. The van der Waals surface area contributed by atoms with Crippen LogP contribution in [0.15, 0.2) is 43.1 Å². The second kappa shape index (κ2) is 7.81. The van der Waals surface area contributed by atoms with Crippen molar-refractivity contribution >= 4 is 17.5 Å². The summed E-state index contributed by atoms with van der Waals surface area (Å²) in [5.41, 5.74) is 0.700. The molecular weight excluding hydrogens is 339 g/mol. The normalized spacial score (nSPS) is 16.2. The van der Waals surface area contributed by atoms with E-state index in [1.165, 1.54) is 6.08 Å². The lowest BCUT2D eigenvalue weighted by Crippen LogP contribution is -2.29. The Kier molecular flexibility index (Phi) is 5.31. The highest BCUT2D eigenvalue weighted by molar-refractivity contribution is 5.87. The number of aromatic nitrogens is 2. The molecule has 1 N–H and O–H groups in total. The van der Waals surface area contributed by atoms with Crippen molar-refractivity contribution < 1.29 is 20.1 Å². The molecule has 7 nitrogen and oxygen atoms in total. The molecule has 0 saturated carbocycles. The first-order valence-corrected chi connectivity index (χ1v) is 8.10. The number of halogens is 1. The van der Waals surface area contributed by atoms with Gasteiger partial charge in [-0.05, 0) is 18.2 Å².